The van der Waals surface area contributed by atoms with Crippen molar-refractivity contribution in [3.8, 4) is 0 Å². The van der Waals surface area contributed by atoms with Crippen LogP contribution in [0, 0.1) is 5.82 Å². The quantitative estimate of drug-likeness (QED) is 0.748. The fraction of sp³-hybridized carbons (Fsp3) is 0.381. The first kappa shape index (κ1) is 21.4. The third-order valence-electron chi connectivity index (χ3n) is 5.30. The van der Waals surface area contributed by atoms with E-state index in [0.29, 0.717) is 0 Å². The van der Waals surface area contributed by atoms with Crippen molar-refractivity contribution in [1.82, 2.24) is 14.5 Å². The van der Waals surface area contributed by atoms with Gasteiger partial charge in [0.05, 0.1) is 11.4 Å². The van der Waals surface area contributed by atoms with Crippen LogP contribution in [0.15, 0.2) is 59.5 Å². The molecule has 2 aromatic rings. The monoisotopic (exact) mass is 419 g/mol. The van der Waals surface area contributed by atoms with Gasteiger partial charge in [-0.2, -0.15) is 4.31 Å². The number of nitrogens with zero attached hydrogens (tertiary/aromatic N) is 2. The topological polar surface area (TPSA) is 69.7 Å². The van der Waals surface area contributed by atoms with Crippen molar-refractivity contribution in [2.24, 2.45) is 0 Å². The number of sulfonamides is 1. The molecule has 0 spiro atoms. The number of rotatable bonds is 7. The highest BCUT2D eigenvalue weighted by molar-refractivity contribution is 7.89. The van der Waals surface area contributed by atoms with Crippen LogP contribution in [0.3, 0.4) is 0 Å². The first-order chi connectivity index (χ1) is 13.8. The van der Waals surface area contributed by atoms with Gasteiger partial charge in [0.2, 0.25) is 15.9 Å². The number of benzene rings is 2. The molecule has 1 aliphatic heterocycles. The molecule has 2 aromatic carbocycles. The van der Waals surface area contributed by atoms with Crippen LogP contribution in [0.5, 0.6) is 0 Å². The van der Waals surface area contributed by atoms with Crippen molar-refractivity contribution in [3.05, 3.63) is 66.0 Å². The Morgan fingerprint density at radius 1 is 1.21 bits per heavy atom. The molecule has 2 unspecified atom stereocenters. The summed E-state index contributed by atoms with van der Waals surface area (Å²) in [7, 11) is -2.51. The van der Waals surface area contributed by atoms with Crippen molar-refractivity contribution in [2.45, 2.75) is 30.3 Å². The average Bonchev–Trinajstić information content (AvgIpc) is 3.16. The molecular formula is C21H26FN3O3S. The Bertz CT molecular complexity index is 935. The van der Waals surface area contributed by atoms with E-state index in [0.717, 1.165) is 35.9 Å². The lowest BCUT2D eigenvalue weighted by atomic mass is 10.1. The van der Waals surface area contributed by atoms with Crippen molar-refractivity contribution >= 4 is 15.9 Å². The van der Waals surface area contributed by atoms with Gasteiger partial charge in [-0.25, -0.2) is 12.8 Å². The summed E-state index contributed by atoms with van der Waals surface area (Å²) >= 11 is 0. The predicted octanol–water partition coefficient (Wildman–Crippen LogP) is 2.40. The summed E-state index contributed by atoms with van der Waals surface area (Å²) in [5.74, 6) is -0.864. The molecule has 0 saturated carbocycles. The Labute approximate surface area is 171 Å². The minimum atomic E-state index is -3.85. The Kier molecular flexibility index (Phi) is 6.66. The summed E-state index contributed by atoms with van der Waals surface area (Å²) in [5.41, 5.74) is 1.23. The maximum absolute atomic E-state index is 13.0. The van der Waals surface area contributed by atoms with Gasteiger partial charge >= 0.3 is 0 Å². The van der Waals surface area contributed by atoms with E-state index in [-0.39, 0.29) is 29.4 Å². The van der Waals surface area contributed by atoms with E-state index >= 15 is 0 Å². The van der Waals surface area contributed by atoms with Gasteiger partial charge in [-0.05, 0) is 43.2 Å². The molecule has 1 N–H and O–H groups in total. The molecule has 1 fully saturated rings. The van der Waals surface area contributed by atoms with Crippen LogP contribution in [-0.4, -0.2) is 56.3 Å². The first-order valence-corrected chi connectivity index (χ1v) is 11.0. The first-order valence-electron chi connectivity index (χ1n) is 9.57. The van der Waals surface area contributed by atoms with Gasteiger partial charge in [-0.3, -0.25) is 9.69 Å². The van der Waals surface area contributed by atoms with Crippen LogP contribution in [0.25, 0.3) is 0 Å². The highest BCUT2D eigenvalue weighted by atomic mass is 32.2. The van der Waals surface area contributed by atoms with Crippen molar-refractivity contribution < 1.29 is 17.6 Å². The van der Waals surface area contributed by atoms with E-state index in [4.69, 9.17) is 0 Å². The van der Waals surface area contributed by atoms with Crippen LogP contribution >= 0.6 is 0 Å². The van der Waals surface area contributed by atoms with E-state index < -0.39 is 15.8 Å². The highest BCUT2D eigenvalue weighted by Crippen LogP contribution is 2.24. The van der Waals surface area contributed by atoms with Crippen LogP contribution < -0.4 is 5.32 Å². The maximum atomic E-state index is 13.0. The molecule has 1 saturated heterocycles. The largest absolute Gasteiger partial charge is 0.351 e. The number of carbonyl (C=O) groups is 1. The SMILES string of the molecule is CC(c1ccccc1)N1CCC(NC(=O)CN(C)S(=O)(=O)c2ccc(F)cc2)C1. The summed E-state index contributed by atoms with van der Waals surface area (Å²) < 4.78 is 39.1. The summed E-state index contributed by atoms with van der Waals surface area (Å²) in [6.45, 7) is 3.44. The zero-order chi connectivity index (χ0) is 21.0. The molecule has 8 heteroatoms. The third-order valence-corrected chi connectivity index (χ3v) is 7.12. The van der Waals surface area contributed by atoms with Gasteiger partial charge < -0.3 is 5.32 Å². The molecule has 0 bridgehead atoms. The Balaban J connectivity index is 1.54. The molecule has 156 valence electrons. The second-order valence-electron chi connectivity index (χ2n) is 7.35. The fourth-order valence-corrected chi connectivity index (χ4v) is 4.67. The van der Waals surface area contributed by atoms with Gasteiger partial charge in [-0.15, -0.1) is 0 Å². The van der Waals surface area contributed by atoms with E-state index in [2.05, 4.69) is 29.3 Å². The predicted molar refractivity (Wildman–Crippen MR) is 109 cm³/mol. The minimum absolute atomic E-state index is 0.0180. The number of nitrogens with one attached hydrogen (secondary N) is 1. The lowest BCUT2D eigenvalue weighted by Crippen LogP contribution is -2.43. The van der Waals surface area contributed by atoms with Gasteiger partial charge in [0.25, 0.3) is 0 Å². The van der Waals surface area contributed by atoms with E-state index in [1.54, 1.807) is 0 Å². The Morgan fingerprint density at radius 2 is 1.86 bits per heavy atom. The third kappa shape index (κ3) is 5.20. The second-order valence-corrected chi connectivity index (χ2v) is 9.39. The number of likely N-dealkylation sites (tertiary alicyclic amines) is 1. The van der Waals surface area contributed by atoms with E-state index in [1.807, 2.05) is 18.2 Å². The number of hydrogen-bond donors (Lipinski definition) is 1. The molecule has 6 nitrogen and oxygen atoms in total. The molecule has 29 heavy (non-hydrogen) atoms. The van der Waals surface area contributed by atoms with Gasteiger partial charge in [-0.1, -0.05) is 30.3 Å². The standard InChI is InChI=1S/C21H26FN3O3S/c1-16(17-6-4-3-5-7-17)25-13-12-19(14-25)23-21(26)15-24(2)29(27,28)20-10-8-18(22)9-11-20/h3-11,16,19H,12-15H2,1-2H3,(H,23,26). The molecule has 1 aliphatic rings. The molecular weight excluding hydrogens is 393 g/mol. The fourth-order valence-electron chi connectivity index (χ4n) is 3.55. The van der Waals surface area contributed by atoms with Crippen molar-refractivity contribution in [2.75, 3.05) is 26.7 Å². The maximum Gasteiger partial charge on any atom is 0.243 e. The zero-order valence-corrected chi connectivity index (χ0v) is 17.4. The normalized spacial score (nSPS) is 18.7. The van der Waals surface area contributed by atoms with E-state index in [9.17, 15) is 17.6 Å². The van der Waals surface area contributed by atoms with Crippen molar-refractivity contribution in [1.29, 1.82) is 0 Å². The van der Waals surface area contributed by atoms with Crippen LogP contribution in [-0.2, 0) is 14.8 Å². The summed E-state index contributed by atoms with van der Waals surface area (Å²) in [6.07, 6.45) is 0.817. The Morgan fingerprint density at radius 3 is 2.52 bits per heavy atom. The van der Waals surface area contributed by atoms with Gasteiger partial charge in [0.1, 0.15) is 5.82 Å². The molecule has 1 amide bonds. The zero-order valence-electron chi connectivity index (χ0n) is 16.6. The van der Waals surface area contributed by atoms with Crippen LogP contribution in [0.2, 0.25) is 0 Å². The Hall–Kier alpha value is -2.29. The molecule has 2 atom stereocenters. The molecule has 1 heterocycles. The molecule has 0 aliphatic carbocycles. The summed E-state index contributed by atoms with van der Waals surface area (Å²) in [4.78, 5) is 14.7. The van der Waals surface area contributed by atoms with Crippen molar-refractivity contribution in [3.63, 3.8) is 0 Å². The van der Waals surface area contributed by atoms with Crippen LogP contribution in [0.1, 0.15) is 24.9 Å². The molecule has 3 rings (SSSR count). The van der Waals surface area contributed by atoms with E-state index in [1.165, 1.54) is 24.7 Å². The van der Waals surface area contributed by atoms with Gasteiger partial charge in [0, 0.05) is 32.2 Å². The number of likely N-dealkylation sites (N-methyl/N-ethyl adjacent to an activating group) is 1. The number of carbonyl (C=O) groups excluding carboxylic acids is 1. The average molecular weight is 420 g/mol. The second kappa shape index (κ2) is 9.02. The minimum Gasteiger partial charge on any atom is -0.351 e. The number of amides is 1. The summed E-state index contributed by atoms with van der Waals surface area (Å²) in [5, 5.41) is 2.93. The van der Waals surface area contributed by atoms with Crippen LogP contribution in [0.4, 0.5) is 4.39 Å². The number of halogens is 1. The lowest BCUT2D eigenvalue weighted by molar-refractivity contribution is -0.121. The number of hydrogen-bond acceptors (Lipinski definition) is 4. The molecule has 0 radical (unpaired) electrons. The summed E-state index contributed by atoms with van der Waals surface area (Å²) in [6, 6.07) is 15.0. The lowest BCUT2D eigenvalue weighted by Gasteiger charge is -2.25. The smallest absolute Gasteiger partial charge is 0.243 e. The van der Waals surface area contributed by atoms with Gasteiger partial charge in [0.15, 0.2) is 0 Å². The molecule has 0 aromatic heterocycles. The highest BCUT2D eigenvalue weighted by Gasteiger charge is 2.29.